The number of aromatic hydroxyl groups is 4. The topological polar surface area (TPSA) is 160 Å². The predicted molar refractivity (Wildman–Crippen MR) is 182 cm³/mol. The van der Waals surface area contributed by atoms with Crippen molar-refractivity contribution in [3.63, 3.8) is 0 Å². The minimum Gasteiger partial charge on any atom is -0.504 e. The Hall–Kier alpha value is -6.29. The lowest BCUT2D eigenvalue weighted by Crippen LogP contribution is -2.04. The molecule has 0 aliphatic heterocycles. The first kappa shape index (κ1) is 36.2. The Morgan fingerprint density at radius 3 is 1.56 bits per heavy atom. The number of phenols is 4. The van der Waals surface area contributed by atoms with Gasteiger partial charge >= 0.3 is 5.97 Å². The van der Waals surface area contributed by atoms with Crippen molar-refractivity contribution in [2.75, 3.05) is 20.8 Å². The number of phenolic OH excluding ortho intramolecular Hbond substituents is 4. The fourth-order valence-electron chi connectivity index (χ4n) is 4.03. The minimum atomic E-state index is -0.446. The Morgan fingerprint density at radius 1 is 0.583 bits per heavy atom. The van der Waals surface area contributed by atoms with Crippen molar-refractivity contribution in [2.24, 2.45) is 0 Å². The first-order chi connectivity index (χ1) is 23.1. The highest BCUT2D eigenvalue weighted by Crippen LogP contribution is 2.28. The van der Waals surface area contributed by atoms with E-state index in [0.29, 0.717) is 41.2 Å². The second-order valence-electron chi connectivity index (χ2n) is 10.1. The molecule has 10 nitrogen and oxygen atoms in total. The fourth-order valence-corrected chi connectivity index (χ4v) is 4.03. The van der Waals surface area contributed by atoms with Gasteiger partial charge in [-0.2, -0.15) is 0 Å². The quantitative estimate of drug-likeness (QED) is 0.0561. The van der Waals surface area contributed by atoms with E-state index in [1.165, 1.54) is 62.8 Å². The zero-order valence-electron chi connectivity index (χ0n) is 26.4. The van der Waals surface area contributed by atoms with Crippen LogP contribution in [0.15, 0.2) is 103 Å². The number of hydrogen-bond acceptors (Lipinski definition) is 10. The molecule has 48 heavy (non-hydrogen) atoms. The van der Waals surface area contributed by atoms with E-state index in [2.05, 4.69) is 0 Å². The molecule has 4 rings (SSSR count). The average Bonchev–Trinajstić information content (AvgIpc) is 3.08. The van der Waals surface area contributed by atoms with E-state index in [1.807, 2.05) is 30.3 Å². The normalized spacial score (nSPS) is 10.9. The van der Waals surface area contributed by atoms with Crippen molar-refractivity contribution in [1.82, 2.24) is 0 Å². The standard InChI is InChI=1S/C21H20O6.C17H16O4/c1-26-20-11-14(5-9-18(20)24)3-7-16(22)13-17(23)8-4-15-6-10-19(25)21(12-15)27-2;18-15-8-6-14(12-16(15)19)7-9-17(20)21-11-10-13-4-2-1-3-5-13/h3-12,24-25H,13H2,1-2H3;1-9,12,18-19H,10-11H2/b7-3+,8-4+;9-7+. The van der Waals surface area contributed by atoms with E-state index < -0.39 is 5.97 Å². The molecule has 0 aromatic heterocycles. The van der Waals surface area contributed by atoms with Gasteiger partial charge in [-0.3, -0.25) is 9.59 Å². The van der Waals surface area contributed by atoms with Crippen LogP contribution in [0.25, 0.3) is 18.2 Å². The van der Waals surface area contributed by atoms with Crippen molar-refractivity contribution >= 4 is 35.8 Å². The average molecular weight is 653 g/mol. The molecule has 0 radical (unpaired) electrons. The van der Waals surface area contributed by atoms with E-state index in [-0.39, 0.29) is 41.0 Å². The summed E-state index contributed by atoms with van der Waals surface area (Å²) in [6.45, 7) is 0.314. The number of ether oxygens (including phenoxy) is 3. The van der Waals surface area contributed by atoms with Gasteiger partial charge in [0.25, 0.3) is 0 Å². The molecule has 0 atom stereocenters. The van der Waals surface area contributed by atoms with Crippen LogP contribution in [-0.4, -0.2) is 58.8 Å². The lowest BCUT2D eigenvalue weighted by Gasteiger charge is -2.03. The Bertz CT molecular complexity index is 1720. The first-order valence-corrected chi connectivity index (χ1v) is 14.6. The van der Waals surface area contributed by atoms with E-state index in [4.69, 9.17) is 14.2 Å². The Labute approximate surface area is 278 Å². The third kappa shape index (κ3) is 12.2. The summed E-state index contributed by atoms with van der Waals surface area (Å²) < 4.78 is 15.1. The van der Waals surface area contributed by atoms with Crippen molar-refractivity contribution in [3.8, 4) is 34.5 Å². The number of esters is 1. The molecule has 0 aliphatic rings. The van der Waals surface area contributed by atoms with Crippen molar-refractivity contribution in [3.05, 3.63) is 125 Å². The first-order valence-electron chi connectivity index (χ1n) is 14.6. The van der Waals surface area contributed by atoms with E-state index in [1.54, 1.807) is 42.5 Å². The van der Waals surface area contributed by atoms with Gasteiger partial charge in [0.2, 0.25) is 0 Å². The number of methoxy groups -OCH3 is 2. The maximum absolute atomic E-state index is 11.9. The van der Waals surface area contributed by atoms with Crippen LogP contribution in [0.1, 0.15) is 28.7 Å². The van der Waals surface area contributed by atoms with Crippen LogP contribution in [0, 0.1) is 0 Å². The number of ketones is 2. The molecule has 0 heterocycles. The van der Waals surface area contributed by atoms with Crippen molar-refractivity contribution < 1.29 is 49.0 Å². The van der Waals surface area contributed by atoms with Gasteiger partial charge in [0.1, 0.15) is 0 Å². The third-order valence-corrected chi connectivity index (χ3v) is 6.57. The van der Waals surface area contributed by atoms with Gasteiger partial charge in [0.15, 0.2) is 46.1 Å². The molecular formula is C38H36O10. The van der Waals surface area contributed by atoms with Crippen LogP contribution in [0.5, 0.6) is 34.5 Å². The molecule has 4 aromatic rings. The minimum absolute atomic E-state index is 0.00662. The summed E-state index contributed by atoms with van der Waals surface area (Å²) in [5.74, 6) is -0.953. The zero-order chi connectivity index (χ0) is 34.9. The van der Waals surface area contributed by atoms with E-state index >= 15 is 0 Å². The summed E-state index contributed by atoms with van der Waals surface area (Å²) in [6, 6.07) is 23.4. The second-order valence-corrected chi connectivity index (χ2v) is 10.1. The molecule has 248 valence electrons. The van der Waals surface area contributed by atoms with Crippen LogP contribution in [0.3, 0.4) is 0 Å². The summed E-state index contributed by atoms with van der Waals surface area (Å²) in [5, 5.41) is 37.6. The highest BCUT2D eigenvalue weighted by molar-refractivity contribution is 6.10. The second kappa shape index (κ2) is 18.6. The van der Waals surface area contributed by atoms with Gasteiger partial charge in [0.05, 0.1) is 27.2 Å². The third-order valence-electron chi connectivity index (χ3n) is 6.57. The molecule has 0 aliphatic carbocycles. The molecule has 0 amide bonds. The maximum atomic E-state index is 11.9. The number of allylic oxidation sites excluding steroid dienone is 2. The Morgan fingerprint density at radius 2 is 1.06 bits per heavy atom. The van der Waals surface area contributed by atoms with Crippen LogP contribution < -0.4 is 9.47 Å². The maximum Gasteiger partial charge on any atom is 0.330 e. The van der Waals surface area contributed by atoms with Crippen LogP contribution in [0.2, 0.25) is 0 Å². The highest BCUT2D eigenvalue weighted by Gasteiger charge is 2.06. The summed E-state index contributed by atoms with van der Waals surface area (Å²) in [5.41, 5.74) is 3.04. The molecule has 0 fully saturated rings. The van der Waals surface area contributed by atoms with Crippen molar-refractivity contribution in [2.45, 2.75) is 12.8 Å². The zero-order valence-corrected chi connectivity index (χ0v) is 26.4. The SMILES string of the molecule is COc1cc(/C=C/C(=O)CC(=O)/C=C/c2ccc(O)c(OC)c2)ccc1O.O=C(/C=C/c1ccc(O)c(O)c1)OCCc1ccccc1. The smallest absolute Gasteiger partial charge is 0.330 e. The lowest BCUT2D eigenvalue weighted by atomic mass is 10.1. The molecule has 10 heteroatoms. The van der Waals surface area contributed by atoms with Gasteiger partial charge in [-0.15, -0.1) is 0 Å². The molecule has 0 spiro atoms. The molecule has 0 saturated heterocycles. The van der Waals surface area contributed by atoms with E-state index in [9.17, 15) is 34.8 Å². The van der Waals surface area contributed by atoms with Crippen LogP contribution in [0.4, 0.5) is 0 Å². The molecule has 0 bridgehead atoms. The fraction of sp³-hybridized carbons (Fsp3) is 0.132. The molecule has 4 aromatic carbocycles. The van der Waals surface area contributed by atoms with Gasteiger partial charge < -0.3 is 34.6 Å². The van der Waals surface area contributed by atoms with Crippen LogP contribution in [-0.2, 0) is 25.5 Å². The summed E-state index contributed by atoms with van der Waals surface area (Å²) >= 11 is 0. The van der Waals surface area contributed by atoms with Crippen LogP contribution >= 0.6 is 0 Å². The molecule has 0 unspecified atom stereocenters. The lowest BCUT2D eigenvalue weighted by molar-refractivity contribution is -0.137. The molecule has 4 N–H and O–H groups in total. The number of carbonyl (C=O) groups is 3. The Kier molecular flexibility index (Phi) is 14.0. The van der Waals surface area contributed by atoms with Crippen molar-refractivity contribution in [1.29, 1.82) is 0 Å². The van der Waals surface area contributed by atoms with Gasteiger partial charge in [-0.1, -0.05) is 60.7 Å². The number of carbonyl (C=O) groups excluding carboxylic acids is 3. The summed E-state index contributed by atoms with van der Waals surface area (Å²) in [7, 11) is 2.87. The number of benzene rings is 4. The monoisotopic (exact) mass is 652 g/mol. The van der Waals surface area contributed by atoms with E-state index in [0.717, 1.165) is 5.56 Å². The number of hydrogen-bond donors (Lipinski definition) is 4. The summed E-state index contributed by atoms with van der Waals surface area (Å²) in [6.07, 6.45) is 8.92. The molecule has 0 saturated carbocycles. The largest absolute Gasteiger partial charge is 0.504 e. The Balaban J connectivity index is 0.000000269. The molecular weight excluding hydrogens is 616 g/mol. The van der Waals surface area contributed by atoms with Gasteiger partial charge in [0, 0.05) is 12.5 Å². The summed E-state index contributed by atoms with van der Waals surface area (Å²) in [4.78, 5) is 35.4. The number of rotatable bonds is 13. The highest BCUT2D eigenvalue weighted by atomic mass is 16.5. The predicted octanol–water partition coefficient (Wildman–Crippen LogP) is 6.27. The van der Waals surface area contributed by atoms with Gasteiger partial charge in [-0.05, 0) is 76.9 Å². The van der Waals surface area contributed by atoms with Gasteiger partial charge in [-0.25, -0.2) is 4.79 Å².